The van der Waals surface area contributed by atoms with Crippen LogP contribution in [0.5, 0.6) is 11.5 Å². The van der Waals surface area contributed by atoms with Crippen molar-refractivity contribution >= 4 is 29.0 Å². The molecule has 0 N–H and O–H groups in total. The van der Waals surface area contributed by atoms with Gasteiger partial charge in [-0.3, -0.25) is 0 Å². The molecule has 2 aromatic rings. The molecule has 134 valence electrons. The van der Waals surface area contributed by atoms with Crippen molar-refractivity contribution in [1.29, 1.82) is 0 Å². The maximum Gasteiger partial charge on any atom is 0.167 e. The van der Waals surface area contributed by atoms with Crippen molar-refractivity contribution in [3.63, 3.8) is 0 Å². The predicted octanol–water partition coefficient (Wildman–Crippen LogP) is 6.28. The molecule has 0 unspecified atom stereocenters. The molecule has 0 fully saturated rings. The molecule has 0 aliphatic heterocycles. The molecule has 0 heterocycles. The van der Waals surface area contributed by atoms with Gasteiger partial charge in [0.15, 0.2) is 5.05 Å². The van der Waals surface area contributed by atoms with Gasteiger partial charge in [-0.2, -0.15) is 0 Å². The van der Waals surface area contributed by atoms with Gasteiger partial charge in [0.2, 0.25) is 0 Å². The van der Waals surface area contributed by atoms with Crippen molar-refractivity contribution in [3.8, 4) is 11.5 Å². The average molecular weight is 375 g/mol. The number of thiocarbonyl (C=S) groups is 1. The van der Waals surface area contributed by atoms with Gasteiger partial charge in [0.1, 0.15) is 18.1 Å². The van der Waals surface area contributed by atoms with Crippen LogP contribution in [0, 0.1) is 13.8 Å². The van der Waals surface area contributed by atoms with E-state index in [1.54, 1.807) is 11.8 Å². The average Bonchev–Trinajstić information content (AvgIpc) is 2.62. The van der Waals surface area contributed by atoms with E-state index in [0.717, 1.165) is 40.4 Å². The molecule has 0 atom stereocenters. The standard InChI is InChI=1S/C21H26O2S2/c1-6-16-11-15(4)19(12-14(16)3)22-13-17-18(23-21(24)7-2)9-8-10-20(17)25-5/h8-12H,6-7,13H2,1-5H3. The smallest absolute Gasteiger partial charge is 0.167 e. The van der Waals surface area contributed by atoms with Crippen LogP contribution in [0.1, 0.15) is 42.5 Å². The zero-order valence-electron chi connectivity index (χ0n) is 15.6. The summed E-state index contributed by atoms with van der Waals surface area (Å²) in [5.74, 6) is 1.72. The van der Waals surface area contributed by atoms with Gasteiger partial charge in [-0.25, -0.2) is 0 Å². The van der Waals surface area contributed by atoms with Crippen molar-refractivity contribution in [2.24, 2.45) is 0 Å². The molecular formula is C21H26O2S2. The molecule has 0 amide bonds. The lowest BCUT2D eigenvalue weighted by Crippen LogP contribution is -2.08. The number of aryl methyl sites for hydroxylation is 3. The van der Waals surface area contributed by atoms with Crippen LogP contribution in [0.25, 0.3) is 0 Å². The highest BCUT2D eigenvalue weighted by Gasteiger charge is 2.13. The molecule has 2 rings (SSSR count). The molecule has 0 saturated heterocycles. The van der Waals surface area contributed by atoms with E-state index in [2.05, 4.69) is 45.2 Å². The van der Waals surface area contributed by atoms with E-state index in [4.69, 9.17) is 21.7 Å². The van der Waals surface area contributed by atoms with Crippen LogP contribution in [-0.2, 0) is 13.0 Å². The zero-order valence-corrected chi connectivity index (χ0v) is 17.3. The van der Waals surface area contributed by atoms with E-state index in [-0.39, 0.29) is 0 Å². The Bertz CT molecular complexity index is 754. The fourth-order valence-electron chi connectivity index (χ4n) is 2.71. The Kier molecular flexibility index (Phi) is 7.33. The van der Waals surface area contributed by atoms with Gasteiger partial charge in [-0.1, -0.05) is 26.0 Å². The van der Waals surface area contributed by atoms with Crippen LogP contribution in [0.15, 0.2) is 35.2 Å². The third-order valence-electron chi connectivity index (χ3n) is 4.21. The quantitative estimate of drug-likeness (QED) is 0.419. The fourth-order valence-corrected chi connectivity index (χ4v) is 3.42. The maximum absolute atomic E-state index is 6.16. The molecule has 4 heteroatoms. The van der Waals surface area contributed by atoms with Gasteiger partial charge in [-0.15, -0.1) is 11.8 Å². The van der Waals surface area contributed by atoms with Gasteiger partial charge in [0, 0.05) is 16.9 Å². The van der Waals surface area contributed by atoms with E-state index in [0.29, 0.717) is 11.7 Å². The second-order valence-electron chi connectivity index (χ2n) is 5.95. The summed E-state index contributed by atoms with van der Waals surface area (Å²) in [6, 6.07) is 10.4. The monoisotopic (exact) mass is 374 g/mol. The second kappa shape index (κ2) is 9.25. The SMILES string of the molecule is CCC(=S)Oc1cccc(SC)c1COc1cc(C)c(CC)cc1C. The molecule has 0 saturated carbocycles. The molecule has 0 aliphatic carbocycles. The van der Waals surface area contributed by atoms with Crippen molar-refractivity contribution in [2.45, 2.75) is 52.0 Å². The van der Waals surface area contributed by atoms with Gasteiger partial charge in [0.05, 0.1) is 0 Å². The first-order valence-corrected chi connectivity index (χ1v) is 10.2. The number of ether oxygens (including phenoxy) is 2. The minimum absolute atomic E-state index is 0.463. The number of hydrogen-bond acceptors (Lipinski definition) is 4. The molecule has 2 aromatic carbocycles. The van der Waals surface area contributed by atoms with E-state index in [1.807, 2.05) is 19.1 Å². The van der Waals surface area contributed by atoms with Gasteiger partial charge in [-0.05, 0) is 73.6 Å². The molecule has 0 aliphatic rings. The van der Waals surface area contributed by atoms with Crippen LogP contribution in [0.3, 0.4) is 0 Å². The highest BCUT2D eigenvalue weighted by atomic mass is 32.2. The third-order valence-corrected chi connectivity index (χ3v) is 5.40. The van der Waals surface area contributed by atoms with E-state index in [9.17, 15) is 0 Å². The Morgan fingerprint density at radius 1 is 1.08 bits per heavy atom. The van der Waals surface area contributed by atoms with E-state index < -0.39 is 0 Å². The second-order valence-corrected chi connectivity index (χ2v) is 7.25. The zero-order chi connectivity index (χ0) is 18.4. The summed E-state index contributed by atoms with van der Waals surface area (Å²) in [5.41, 5.74) is 4.84. The van der Waals surface area contributed by atoms with Crippen molar-refractivity contribution in [3.05, 3.63) is 52.6 Å². The molecule has 0 aromatic heterocycles. The summed E-state index contributed by atoms with van der Waals surface area (Å²) in [5, 5.41) is 0.596. The first-order valence-electron chi connectivity index (χ1n) is 8.59. The highest BCUT2D eigenvalue weighted by Crippen LogP contribution is 2.32. The lowest BCUT2D eigenvalue weighted by Gasteiger charge is -2.17. The minimum atomic E-state index is 0.463. The van der Waals surface area contributed by atoms with Crippen molar-refractivity contribution < 1.29 is 9.47 Å². The first-order chi connectivity index (χ1) is 12.0. The van der Waals surface area contributed by atoms with Crippen LogP contribution < -0.4 is 9.47 Å². The molecule has 25 heavy (non-hydrogen) atoms. The van der Waals surface area contributed by atoms with Crippen LogP contribution in [-0.4, -0.2) is 11.3 Å². The van der Waals surface area contributed by atoms with Crippen molar-refractivity contribution in [1.82, 2.24) is 0 Å². The highest BCUT2D eigenvalue weighted by molar-refractivity contribution is 7.98. The molecule has 2 nitrogen and oxygen atoms in total. The van der Waals surface area contributed by atoms with E-state index in [1.165, 1.54) is 11.1 Å². The Balaban J connectivity index is 2.28. The Morgan fingerprint density at radius 2 is 1.84 bits per heavy atom. The predicted molar refractivity (Wildman–Crippen MR) is 111 cm³/mol. The number of hydrogen-bond donors (Lipinski definition) is 0. The topological polar surface area (TPSA) is 18.5 Å². The minimum Gasteiger partial charge on any atom is -0.488 e. The molecule has 0 bridgehead atoms. The molecule has 0 radical (unpaired) electrons. The third kappa shape index (κ3) is 4.99. The van der Waals surface area contributed by atoms with Gasteiger partial charge in [0.25, 0.3) is 0 Å². The lowest BCUT2D eigenvalue weighted by atomic mass is 10.0. The van der Waals surface area contributed by atoms with Gasteiger partial charge >= 0.3 is 0 Å². The summed E-state index contributed by atoms with van der Waals surface area (Å²) in [4.78, 5) is 1.15. The number of benzene rings is 2. The van der Waals surface area contributed by atoms with Crippen LogP contribution in [0.2, 0.25) is 0 Å². The van der Waals surface area contributed by atoms with Crippen LogP contribution >= 0.6 is 24.0 Å². The Morgan fingerprint density at radius 3 is 2.48 bits per heavy atom. The van der Waals surface area contributed by atoms with E-state index >= 15 is 0 Å². The van der Waals surface area contributed by atoms with Crippen molar-refractivity contribution in [2.75, 3.05) is 6.26 Å². The Hall–Kier alpha value is -1.52. The lowest BCUT2D eigenvalue weighted by molar-refractivity contribution is 0.296. The molecule has 0 spiro atoms. The van der Waals surface area contributed by atoms with Gasteiger partial charge < -0.3 is 9.47 Å². The summed E-state index contributed by atoms with van der Waals surface area (Å²) < 4.78 is 12.0. The summed E-state index contributed by atoms with van der Waals surface area (Å²) >= 11 is 6.94. The summed E-state index contributed by atoms with van der Waals surface area (Å²) in [6.45, 7) is 8.87. The fraction of sp³-hybridized carbons (Fsp3) is 0.381. The maximum atomic E-state index is 6.16. The summed E-state index contributed by atoms with van der Waals surface area (Å²) in [7, 11) is 0. The normalized spacial score (nSPS) is 10.6. The Labute approximate surface area is 160 Å². The first kappa shape index (κ1) is 19.8. The molecular weight excluding hydrogens is 348 g/mol. The largest absolute Gasteiger partial charge is 0.488 e. The number of thioether (sulfide) groups is 1. The number of rotatable bonds is 7. The summed E-state index contributed by atoms with van der Waals surface area (Å²) in [6.07, 6.45) is 3.82. The van der Waals surface area contributed by atoms with Crippen LogP contribution in [0.4, 0.5) is 0 Å².